The number of hydrogen-bond donors (Lipinski definition) is 2. The van der Waals surface area contributed by atoms with Crippen LogP contribution in [0.25, 0.3) is 0 Å². The number of halogens is 1. The van der Waals surface area contributed by atoms with Crippen LogP contribution < -0.4 is 15.4 Å². The molecule has 2 rings (SSSR count). The van der Waals surface area contributed by atoms with E-state index in [9.17, 15) is 4.79 Å². The highest BCUT2D eigenvalue weighted by Gasteiger charge is 2.21. The number of hydrogen-bond acceptors (Lipinski definition) is 3. The summed E-state index contributed by atoms with van der Waals surface area (Å²) in [5.41, 5.74) is 0.982. The fourth-order valence-electron chi connectivity index (χ4n) is 2.15. The molecule has 110 valence electrons. The summed E-state index contributed by atoms with van der Waals surface area (Å²) in [6.07, 6.45) is 3.69. The van der Waals surface area contributed by atoms with Gasteiger partial charge < -0.3 is 15.4 Å². The quantitative estimate of drug-likeness (QED) is 0.790. The van der Waals surface area contributed by atoms with Crippen LogP contribution in [0.1, 0.15) is 18.4 Å². The number of amides is 1. The fraction of sp³-hybridized carbons (Fsp3) is 0.400. The van der Waals surface area contributed by atoms with Gasteiger partial charge in [0.1, 0.15) is 12.4 Å². The molecule has 1 aliphatic heterocycles. The third-order valence-electron chi connectivity index (χ3n) is 3.16. The number of rotatable bonds is 6. The van der Waals surface area contributed by atoms with Gasteiger partial charge in [0.05, 0.1) is 6.04 Å². The van der Waals surface area contributed by atoms with Gasteiger partial charge >= 0.3 is 0 Å². The third kappa shape index (κ3) is 4.54. The van der Waals surface area contributed by atoms with Crippen LogP contribution in [0, 0.1) is 0 Å². The molecule has 4 nitrogen and oxygen atoms in total. The molecule has 5 heteroatoms. The average molecular weight is 297 g/mol. The van der Waals surface area contributed by atoms with Gasteiger partial charge in [-0.3, -0.25) is 4.79 Å². The Kier molecular flexibility index (Phi) is 7.12. The maximum absolute atomic E-state index is 11.9. The van der Waals surface area contributed by atoms with E-state index in [1.807, 2.05) is 24.3 Å². The topological polar surface area (TPSA) is 50.4 Å². The molecule has 2 N–H and O–H groups in total. The summed E-state index contributed by atoms with van der Waals surface area (Å²) in [5, 5.41) is 6.14. The maximum atomic E-state index is 11.9. The SMILES string of the molecule is C=CCOc1ccccc1CNC(=O)C1CCCN1.Cl. The largest absolute Gasteiger partial charge is 0.489 e. The van der Waals surface area contributed by atoms with E-state index >= 15 is 0 Å². The van der Waals surface area contributed by atoms with Crippen LogP contribution in [0.3, 0.4) is 0 Å². The molecule has 0 aliphatic carbocycles. The normalized spacial score (nSPS) is 17.1. The summed E-state index contributed by atoms with van der Waals surface area (Å²) in [4.78, 5) is 11.9. The number of carbonyl (C=O) groups excluding carboxylic acids is 1. The Labute approximate surface area is 126 Å². The smallest absolute Gasteiger partial charge is 0.237 e. The monoisotopic (exact) mass is 296 g/mol. The van der Waals surface area contributed by atoms with Crippen molar-refractivity contribution in [1.82, 2.24) is 10.6 Å². The van der Waals surface area contributed by atoms with Gasteiger partial charge in [-0.1, -0.05) is 30.9 Å². The third-order valence-corrected chi connectivity index (χ3v) is 3.16. The molecular weight excluding hydrogens is 276 g/mol. The lowest BCUT2D eigenvalue weighted by Crippen LogP contribution is -2.40. The van der Waals surface area contributed by atoms with E-state index in [4.69, 9.17) is 4.74 Å². The Bertz CT molecular complexity index is 445. The average Bonchev–Trinajstić information content (AvgIpc) is 2.97. The Balaban J connectivity index is 0.00000200. The van der Waals surface area contributed by atoms with E-state index in [-0.39, 0.29) is 24.4 Å². The van der Waals surface area contributed by atoms with E-state index in [2.05, 4.69) is 17.2 Å². The van der Waals surface area contributed by atoms with E-state index in [0.717, 1.165) is 30.7 Å². The molecule has 1 atom stereocenters. The van der Waals surface area contributed by atoms with Crippen LogP contribution in [0.5, 0.6) is 5.75 Å². The molecule has 0 bridgehead atoms. The highest BCUT2D eigenvalue weighted by atomic mass is 35.5. The van der Waals surface area contributed by atoms with Crippen molar-refractivity contribution in [2.24, 2.45) is 0 Å². The van der Waals surface area contributed by atoms with E-state index in [0.29, 0.717) is 13.2 Å². The summed E-state index contributed by atoms with van der Waals surface area (Å²) in [5.74, 6) is 0.859. The zero-order valence-corrected chi connectivity index (χ0v) is 12.2. The molecule has 0 radical (unpaired) electrons. The second kappa shape index (κ2) is 8.61. The zero-order chi connectivity index (χ0) is 13.5. The molecule has 1 heterocycles. The Hall–Kier alpha value is -1.52. The molecular formula is C15H21ClN2O2. The fourth-order valence-corrected chi connectivity index (χ4v) is 2.15. The van der Waals surface area contributed by atoms with Gasteiger partial charge in [-0.2, -0.15) is 0 Å². The van der Waals surface area contributed by atoms with E-state index in [1.54, 1.807) is 6.08 Å². The number of nitrogens with one attached hydrogen (secondary N) is 2. The van der Waals surface area contributed by atoms with Crippen molar-refractivity contribution in [3.8, 4) is 5.75 Å². The van der Waals surface area contributed by atoms with Gasteiger partial charge in [0.2, 0.25) is 5.91 Å². The van der Waals surface area contributed by atoms with Crippen LogP contribution in [-0.2, 0) is 11.3 Å². The Morgan fingerprint density at radius 3 is 3.00 bits per heavy atom. The van der Waals surface area contributed by atoms with Crippen LogP contribution >= 0.6 is 12.4 Å². The van der Waals surface area contributed by atoms with Crippen molar-refractivity contribution >= 4 is 18.3 Å². The van der Waals surface area contributed by atoms with Gasteiger partial charge in [-0.15, -0.1) is 12.4 Å². The van der Waals surface area contributed by atoms with Gasteiger partial charge in [0, 0.05) is 12.1 Å². The first-order valence-corrected chi connectivity index (χ1v) is 6.64. The maximum Gasteiger partial charge on any atom is 0.237 e. The summed E-state index contributed by atoms with van der Waals surface area (Å²) in [7, 11) is 0. The number of benzene rings is 1. The van der Waals surface area contributed by atoms with Gasteiger partial charge in [0.25, 0.3) is 0 Å². The number of carbonyl (C=O) groups is 1. The first-order valence-electron chi connectivity index (χ1n) is 6.64. The summed E-state index contributed by atoms with van der Waals surface area (Å²) in [6, 6.07) is 7.68. The zero-order valence-electron chi connectivity index (χ0n) is 11.4. The molecule has 20 heavy (non-hydrogen) atoms. The second-order valence-electron chi connectivity index (χ2n) is 4.57. The Morgan fingerprint density at radius 2 is 2.30 bits per heavy atom. The van der Waals surface area contributed by atoms with Crippen LogP contribution in [0.15, 0.2) is 36.9 Å². The van der Waals surface area contributed by atoms with Crippen LogP contribution in [0.2, 0.25) is 0 Å². The van der Waals surface area contributed by atoms with E-state index < -0.39 is 0 Å². The van der Waals surface area contributed by atoms with Crippen molar-refractivity contribution in [3.63, 3.8) is 0 Å². The molecule has 1 saturated heterocycles. The van der Waals surface area contributed by atoms with Crippen LogP contribution in [-0.4, -0.2) is 25.1 Å². The molecule has 1 aromatic rings. The molecule has 0 aromatic heterocycles. The molecule has 0 spiro atoms. The number of para-hydroxylation sites is 1. The summed E-state index contributed by atoms with van der Waals surface area (Å²) >= 11 is 0. The lowest BCUT2D eigenvalue weighted by Gasteiger charge is -2.13. The van der Waals surface area contributed by atoms with Crippen molar-refractivity contribution < 1.29 is 9.53 Å². The standard InChI is InChI=1S/C15H20N2O2.ClH/c1-2-10-19-14-8-4-3-6-12(14)11-17-15(18)13-7-5-9-16-13;/h2-4,6,8,13,16H,1,5,7,9-11H2,(H,17,18);1H. The minimum Gasteiger partial charge on any atom is -0.489 e. The predicted octanol–water partition coefficient (Wildman–Crippen LogP) is 2.04. The lowest BCUT2D eigenvalue weighted by molar-refractivity contribution is -0.122. The molecule has 1 amide bonds. The molecule has 1 aromatic carbocycles. The van der Waals surface area contributed by atoms with Gasteiger partial charge in [0.15, 0.2) is 0 Å². The van der Waals surface area contributed by atoms with E-state index in [1.165, 1.54) is 0 Å². The first-order chi connectivity index (χ1) is 9.31. The van der Waals surface area contributed by atoms with Gasteiger partial charge in [-0.25, -0.2) is 0 Å². The molecule has 0 saturated carbocycles. The highest BCUT2D eigenvalue weighted by Crippen LogP contribution is 2.17. The van der Waals surface area contributed by atoms with Crippen molar-refractivity contribution in [1.29, 1.82) is 0 Å². The lowest BCUT2D eigenvalue weighted by atomic mass is 10.2. The van der Waals surface area contributed by atoms with Gasteiger partial charge in [-0.05, 0) is 25.5 Å². The molecule has 1 aliphatic rings. The Morgan fingerprint density at radius 1 is 1.50 bits per heavy atom. The molecule has 1 unspecified atom stereocenters. The van der Waals surface area contributed by atoms with Crippen molar-refractivity contribution in [2.75, 3.05) is 13.2 Å². The summed E-state index contributed by atoms with van der Waals surface area (Å²) < 4.78 is 5.56. The second-order valence-corrected chi connectivity index (χ2v) is 4.57. The van der Waals surface area contributed by atoms with Crippen molar-refractivity contribution in [3.05, 3.63) is 42.5 Å². The summed E-state index contributed by atoms with van der Waals surface area (Å²) in [6.45, 7) is 5.51. The highest BCUT2D eigenvalue weighted by molar-refractivity contribution is 5.85. The first kappa shape index (κ1) is 16.5. The van der Waals surface area contributed by atoms with Crippen molar-refractivity contribution in [2.45, 2.75) is 25.4 Å². The molecule has 1 fully saturated rings. The van der Waals surface area contributed by atoms with Crippen LogP contribution in [0.4, 0.5) is 0 Å². The minimum atomic E-state index is -0.0405. The predicted molar refractivity (Wildman–Crippen MR) is 82.3 cm³/mol. The minimum absolute atomic E-state index is 0. The number of ether oxygens (including phenoxy) is 1.